The SMILES string of the molecule is Nc1ccc(-c2ccccc2)nc1NC(=O)c1ccc(CNC(=O)Oc2ccccc2)cc1. The molecule has 0 spiro atoms. The summed E-state index contributed by atoms with van der Waals surface area (Å²) in [4.78, 5) is 29.1. The summed E-state index contributed by atoms with van der Waals surface area (Å²) >= 11 is 0. The van der Waals surface area contributed by atoms with Gasteiger partial charge in [0, 0.05) is 17.7 Å². The number of nitrogens with one attached hydrogen (secondary N) is 2. The van der Waals surface area contributed by atoms with Gasteiger partial charge in [0.2, 0.25) is 0 Å². The largest absolute Gasteiger partial charge is 0.412 e. The number of amides is 2. The molecule has 7 heteroatoms. The summed E-state index contributed by atoms with van der Waals surface area (Å²) in [7, 11) is 0. The molecule has 3 aromatic carbocycles. The van der Waals surface area contributed by atoms with Gasteiger partial charge in [0.05, 0.1) is 11.4 Å². The predicted molar refractivity (Wildman–Crippen MR) is 128 cm³/mol. The first-order chi connectivity index (χ1) is 16.1. The lowest BCUT2D eigenvalue weighted by Gasteiger charge is -2.10. The number of ether oxygens (including phenoxy) is 1. The highest BCUT2D eigenvalue weighted by Gasteiger charge is 2.11. The van der Waals surface area contributed by atoms with Crippen LogP contribution >= 0.6 is 0 Å². The average molecular weight is 438 g/mol. The first kappa shape index (κ1) is 21.6. The third-order valence-corrected chi connectivity index (χ3v) is 4.83. The number of nitrogens with two attached hydrogens (primary N) is 1. The van der Waals surface area contributed by atoms with Crippen molar-refractivity contribution in [3.8, 4) is 17.0 Å². The van der Waals surface area contributed by atoms with Crippen molar-refractivity contribution in [2.75, 3.05) is 11.1 Å². The van der Waals surface area contributed by atoms with Crippen LogP contribution in [0.15, 0.2) is 97.1 Å². The molecule has 1 aromatic heterocycles. The van der Waals surface area contributed by atoms with Crippen molar-refractivity contribution >= 4 is 23.5 Å². The molecule has 0 unspecified atom stereocenters. The highest BCUT2D eigenvalue weighted by atomic mass is 16.6. The van der Waals surface area contributed by atoms with Crippen LogP contribution in [0.5, 0.6) is 5.75 Å². The molecular weight excluding hydrogens is 416 g/mol. The lowest BCUT2D eigenvalue weighted by atomic mass is 10.1. The van der Waals surface area contributed by atoms with Gasteiger partial charge in [0.25, 0.3) is 5.91 Å². The second-order valence-corrected chi connectivity index (χ2v) is 7.21. The number of hydrogen-bond donors (Lipinski definition) is 3. The molecule has 0 radical (unpaired) electrons. The van der Waals surface area contributed by atoms with Crippen LogP contribution in [0.2, 0.25) is 0 Å². The predicted octanol–water partition coefficient (Wildman–Crippen LogP) is 4.87. The molecule has 0 aliphatic heterocycles. The summed E-state index contributed by atoms with van der Waals surface area (Å²) in [6.45, 7) is 0.265. The van der Waals surface area contributed by atoms with Crippen molar-refractivity contribution in [2.45, 2.75) is 6.54 Å². The molecule has 0 fully saturated rings. The number of rotatable bonds is 6. The molecule has 4 rings (SSSR count). The number of nitrogen functional groups attached to an aromatic ring is 1. The Bertz CT molecular complexity index is 1240. The molecule has 0 atom stereocenters. The molecule has 1 heterocycles. The van der Waals surface area contributed by atoms with Crippen molar-refractivity contribution < 1.29 is 14.3 Å². The molecule has 0 saturated heterocycles. The van der Waals surface area contributed by atoms with E-state index >= 15 is 0 Å². The third kappa shape index (κ3) is 5.74. The molecule has 0 aliphatic carbocycles. The van der Waals surface area contributed by atoms with Crippen LogP contribution in [-0.2, 0) is 6.54 Å². The highest BCUT2D eigenvalue weighted by molar-refractivity contribution is 6.05. The Labute approximate surface area is 191 Å². The van der Waals surface area contributed by atoms with Crippen LogP contribution < -0.4 is 21.1 Å². The van der Waals surface area contributed by atoms with Gasteiger partial charge >= 0.3 is 6.09 Å². The molecule has 0 bridgehead atoms. The van der Waals surface area contributed by atoms with Crippen molar-refractivity contribution in [2.24, 2.45) is 0 Å². The van der Waals surface area contributed by atoms with Gasteiger partial charge in [-0.15, -0.1) is 0 Å². The van der Waals surface area contributed by atoms with Gasteiger partial charge in [-0.2, -0.15) is 0 Å². The van der Waals surface area contributed by atoms with Crippen molar-refractivity contribution in [3.05, 3.63) is 108 Å². The van der Waals surface area contributed by atoms with E-state index < -0.39 is 6.09 Å². The maximum absolute atomic E-state index is 12.7. The Morgan fingerprint density at radius 3 is 2.18 bits per heavy atom. The van der Waals surface area contributed by atoms with E-state index in [9.17, 15) is 9.59 Å². The lowest BCUT2D eigenvalue weighted by molar-refractivity contribution is 0.102. The van der Waals surface area contributed by atoms with Crippen LogP contribution in [0.3, 0.4) is 0 Å². The average Bonchev–Trinajstić information content (AvgIpc) is 2.85. The van der Waals surface area contributed by atoms with Gasteiger partial charge < -0.3 is 21.1 Å². The smallest absolute Gasteiger partial charge is 0.410 e. The second-order valence-electron chi connectivity index (χ2n) is 7.21. The standard InChI is InChI=1S/C26H22N4O3/c27-22-15-16-23(19-7-3-1-4-8-19)29-24(22)30-25(31)20-13-11-18(12-14-20)17-28-26(32)33-21-9-5-2-6-10-21/h1-16H,17,27H2,(H,28,32)(H,29,30,31). The first-order valence-corrected chi connectivity index (χ1v) is 10.3. The molecule has 164 valence electrons. The zero-order chi connectivity index (χ0) is 23.0. The Hall–Kier alpha value is -4.65. The topological polar surface area (TPSA) is 106 Å². The number of anilines is 2. The Morgan fingerprint density at radius 1 is 0.818 bits per heavy atom. The lowest BCUT2D eigenvalue weighted by Crippen LogP contribution is -2.26. The normalized spacial score (nSPS) is 10.3. The molecule has 0 aliphatic rings. The van der Waals surface area contributed by atoms with Gasteiger partial charge in [-0.3, -0.25) is 4.79 Å². The van der Waals surface area contributed by atoms with Crippen LogP contribution in [-0.4, -0.2) is 17.0 Å². The van der Waals surface area contributed by atoms with E-state index in [1.54, 1.807) is 54.6 Å². The first-order valence-electron chi connectivity index (χ1n) is 10.3. The molecule has 4 aromatic rings. The zero-order valence-corrected chi connectivity index (χ0v) is 17.7. The molecule has 4 N–H and O–H groups in total. The fraction of sp³-hybridized carbons (Fsp3) is 0.0385. The van der Waals surface area contributed by atoms with Crippen molar-refractivity contribution in [3.63, 3.8) is 0 Å². The van der Waals surface area contributed by atoms with Gasteiger partial charge in [-0.1, -0.05) is 60.7 Å². The monoisotopic (exact) mass is 438 g/mol. The zero-order valence-electron chi connectivity index (χ0n) is 17.7. The molecular formula is C26H22N4O3. The summed E-state index contributed by atoms with van der Waals surface area (Å²) in [6, 6.07) is 28.8. The van der Waals surface area contributed by atoms with Crippen LogP contribution in [0, 0.1) is 0 Å². The number of nitrogens with zero attached hydrogens (tertiary/aromatic N) is 1. The fourth-order valence-corrected chi connectivity index (χ4v) is 3.10. The number of carbonyl (C=O) groups excluding carboxylic acids is 2. The number of hydrogen-bond acceptors (Lipinski definition) is 5. The number of benzene rings is 3. The van der Waals surface area contributed by atoms with E-state index in [0.717, 1.165) is 11.1 Å². The van der Waals surface area contributed by atoms with Gasteiger partial charge in [0.1, 0.15) is 5.75 Å². The molecule has 33 heavy (non-hydrogen) atoms. The van der Waals surface area contributed by atoms with E-state index in [1.807, 2.05) is 42.5 Å². The van der Waals surface area contributed by atoms with E-state index in [0.29, 0.717) is 28.5 Å². The summed E-state index contributed by atoms with van der Waals surface area (Å²) in [5, 5.41) is 5.45. The molecule has 2 amide bonds. The van der Waals surface area contributed by atoms with Gasteiger partial charge in [0.15, 0.2) is 5.82 Å². The van der Waals surface area contributed by atoms with Crippen LogP contribution in [0.1, 0.15) is 15.9 Å². The minimum absolute atomic E-state index is 0.265. The number of carbonyl (C=O) groups is 2. The minimum atomic E-state index is -0.553. The van der Waals surface area contributed by atoms with E-state index in [1.165, 1.54) is 0 Å². The highest BCUT2D eigenvalue weighted by Crippen LogP contribution is 2.23. The van der Waals surface area contributed by atoms with Crippen molar-refractivity contribution in [1.29, 1.82) is 0 Å². The maximum Gasteiger partial charge on any atom is 0.412 e. The molecule has 0 saturated carbocycles. The van der Waals surface area contributed by atoms with E-state index in [2.05, 4.69) is 15.6 Å². The van der Waals surface area contributed by atoms with Gasteiger partial charge in [-0.05, 0) is 42.0 Å². The summed E-state index contributed by atoms with van der Waals surface area (Å²) in [5.74, 6) is 0.435. The quantitative estimate of drug-likeness (QED) is 0.398. The Balaban J connectivity index is 1.36. The van der Waals surface area contributed by atoms with Gasteiger partial charge in [-0.25, -0.2) is 9.78 Å². The van der Waals surface area contributed by atoms with Crippen LogP contribution in [0.4, 0.5) is 16.3 Å². The summed E-state index contributed by atoms with van der Waals surface area (Å²) in [5.41, 5.74) is 9.29. The Morgan fingerprint density at radius 2 is 1.48 bits per heavy atom. The van der Waals surface area contributed by atoms with Crippen LogP contribution in [0.25, 0.3) is 11.3 Å². The van der Waals surface area contributed by atoms with E-state index in [4.69, 9.17) is 10.5 Å². The summed E-state index contributed by atoms with van der Waals surface area (Å²) in [6.07, 6.45) is -0.553. The number of para-hydroxylation sites is 1. The second kappa shape index (κ2) is 10.1. The minimum Gasteiger partial charge on any atom is -0.410 e. The summed E-state index contributed by atoms with van der Waals surface area (Å²) < 4.78 is 5.18. The fourth-order valence-electron chi connectivity index (χ4n) is 3.10. The molecule has 7 nitrogen and oxygen atoms in total. The Kier molecular flexibility index (Phi) is 6.61. The number of pyridine rings is 1. The van der Waals surface area contributed by atoms with Crippen molar-refractivity contribution in [1.82, 2.24) is 10.3 Å². The maximum atomic E-state index is 12.7. The number of aromatic nitrogens is 1. The van der Waals surface area contributed by atoms with E-state index in [-0.39, 0.29) is 12.5 Å². The third-order valence-electron chi connectivity index (χ3n) is 4.83.